The van der Waals surface area contributed by atoms with Gasteiger partial charge in [0.2, 0.25) is 0 Å². The summed E-state index contributed by atoms with van der Waals surface area (Å²) in [5.74, 6) is 0.0597. The van der Waals surface area contributed by atoms with Crippen LogP contribution in [0.25, 0.3) is 0 Å². The van der Waals surface area contributed by atoms with Crippen LogP contribution in [0.1, 0.15) is 34.0 Å². The molecule has 0 N–H and O–H groups in total. The van der Waals surface area contributed by atoms with E-state index in [1.54, 1.807) is 0 Å². The van der Waals surface area contributed by atoms with Gasteiger partial charge in [0.1, 0.15) is 6.61 Å². The van der Waals surface area contributed by atoms with Gasteiger partial charge in [-0.05, 0) is 38.8 Å². The highest BCUT2D eigenvalue weighted by molar-refractivity contribution is 5.99. The average Bonchev–Trinajstić information content (AvgIpc) is 2.23. The fourth-order valence-electron chi connectivity index (χ4n) is 2.01. The largest absolute Gasteiger partial charge is 0.369 e. The number of allylic oxidation sites excluding steroid dienone is 1. The van der Waals surface area contributed by atoms with Crippen LogP contribution in [0.3, 0.4) is 0 Å². The van der Waals surface area contributed by atoms with E-state index in [1.165, 1.54) is 5.56 Å². The zero-order valence-corrected chi connectivity index (χ0v) is 11.0. The summed E-state index contributed by atoms with van der Waals surface area (Å²) in [7, 11) is 0. The number of benzene rings is 1. The van der Waals surface area contributed by atoms with E-state index in [0.717, 1.165) is 16.7 Å². The van der Waals surface area contributed by atoms with Crippen molar-refractivity contribution in [2.45, 2.75) is 27.7 Å². The zero-order valence-electron chi connectivity index (χ0n) is 11.0. The molecule has 2 heteroatoms. The Morgan fingerprint density at radius 1 is 1.24 bits per heavy atom. The fraction of sp³-hybridized carbons (Fsp3) is 0.400. The molecule has 1 aromatic carbocycles. The molecule has 0 heterocycles. The second-order valence-electron chi connectivity index (χ2n) is 4.28. The second kappa shape index (κ2) is 6.36. The maximum atomic E-state index is 12.0. The van der Waals surface area contributed by atoms with E-state index in [4.69, 9.17) is 4.74 Å². The second-order valence-corrected chi connectivity index (χ2v) is 4.28. The zero-order chi connectivity index (χ0) is 12.8. The molecule has 0 saturated heterocycles. The number of carbonyl (C=O) groups excluding carboxylic acids is 1. The lowest BCUT2D eigenvalue weighted by atomic mass is 9.97. The van der Waals surface area contributed by atoms with E-state index >= 15 is 0 Å². The molecule has 2 nitrogen and oxygen atoms in total. The van der Waals surface area contributed by atoms with Crippen LogP contribution in [0, 0.1) is 20.8 Å². The Hall–Kier alpha value is -1.41. The summed E-state index contributed by atoms with van der Waals surface area (Å²) in [5.41, 5.74) is 4.05. The van der Waals surface area contributed by atoms with E-state index < -0.39 is 0 Å². The number of Topliss-reactive ketones (excluding diaryl/α,β-unsaturated/α-hetero) is 1. The monoisotopic (exact) mass is 232 g/mol. The molecule has 0 atom stereocenters. The molecule has 0 spiro atoms. The van der Waals surface area contributed by atoms with Gasteiger partial charge < -0.3 is 4.74 Å². The van der Waals surface area contributed by atoms with Gasteiger partial charge in [0.25, 0.3) is 0 Å². The molecule has 0 saturated carbocycles. The van der Waals surface area contributed by atoms with Gasteiger partial charge >= 0.3 is 0 Å². The van der Waals surface area contributed by atoms with Crippen LogP contribution < -0.4 is 0 Å². The lowest BCUT2D eigenvalue weighted by molar-refractivity contribution is 0.0804. The highest BCUT2D eigenvalue weighted by atomic mass is 16.5. The Bertz CT molecular complexity index is 408. The van der Waals surface area contributed by atoms with Crippen molar-refractivity contribution in [3.63, 3.8) is 0 Å². The van der Waals surface area contributed by atoms with Gasteiger partial charge in [-0.15, -0.1) is 0 Å². The molecule has 0 aromatic heterocycles. The molecule has 17 heavy (non-hydrogen) atoms. The molecular weight excluding hydrogens is 212 g/mol. The molecule has 1 aromatic rings. The summed E-state index contributed by atoms with van der Waals surface area (Å²) in [6, 6.07) is 4.07. The molecule has 0 fully saturated rings. The third-order valence-corrected chi connectivity index (χ3v) is 2.64. The Morgan fingerprint density at radius 2 is 1.82 bits per heavy atom. The maximum Gasteiger partial charge on any atom is 0.189 e. The van der Waals surface area contributed by atoms with Gasteiger partial charge in [0.05, 0.1) is 6.61 Å². The van der Waals surface area contributed by atoms with Crippen LogP contribution in [-0.2, 0) is 4.74 Å². The van der Waals surface area contributed by atoms with Crippen LogP contribution in [0.2, 0.25) is 0 Å². The number of carbonyl (C=O) groups is 1. The molecule has 0 aliphatic heterocycles. The van der Waals surface area contributed by atoms with Crippen molar-refractivity contribution in [1.82, 2.24) is 0 Å². The van der Waals surface area contributed by atoms with Crippen molar-refractivity contribution in [1.29, 1.82) is 0 Å². The van der Waals surface area contributed by atoms with Crippen LogP contribution in [-0.4, -0.2) is 19.0 Å². The van der Waals surface area contributed by atoms with Gasteiger partial charge in [0, 0.05) is 5.56 Å². The lowest BCUT2D eigenvalue weighted by Crippen LogP contribution is -2.12. The molecule has 0 bridgehead atoms. The highest BCUT2D eigenvalue weighted by Gasteiger charge is 2.12. The topological polar surface area (TPSA) is 26.3 Å². The minimum atomic E-state index is 0.0597. The Balaban J connectivity index is 2.75. The van der Waals surface area contributed by atoms with Gasteiger partial charge in [-0.1, -0.05) is 29.8 Å². The van der Waals surface area contributed by atoms with E-state index in [0.29, 0.717) is 6.61 Å². The Morgan fingerprint density at radius 3 is 2.35 bits per heavy atom. The van der Waals surface area contributed by atoms with Crippen molar-refractivity contribution < 1.29 is 9.53 Å². The first-order chi connectivity index (χ1) is 8.06. The van der Waals surface area contributed by atoms with Gasteiger partial charge in [0.15, 0.2) is 5.78 Å². The summed E-state index contributed by atoms with van der Waals surface area (Å²) in [6.45, 7) is 8.55. The number of hydrogen-bond donors (Lipinski definition) is 0. The van der Waals surface area contributed by atoms with Crippen molar-refractivity contribution in [3.05, 3.63) is 46.5 Å². The van der Waals surface area contributed by atoms with Gasteiger partial charge in [-0.3, -0.25) is 4.79 Å². The van der Waals surface area contributed by atoms with Crippen LogP contribution in [0.5, 0.6) is 0 Å². The average molecular weight is 232 g/mol. The highest BCUT2D eigenvalue weighted by Crippen LogP contribution is 2.17. The molecular formula is C15H20O2. The standard InChI is InChI=1S/C15H20O2/c1-5-6-7-17-10-14(16)15-12(3)8-11(2)9-13(15)4/h5-6,8-9H,7,10H2,1-4H3. The first kappa shape index (κ1) is 13.7. The van der Waals surface area contributed by atoms with Crippen LogP contribution in [0.4, 0.5) is 0 Å². The molecule has 0 radical (unpaired) electrons. The number of hydrogen-bond acceptors (Lipinski definition) is 2. The third-order valence-electron chi connectivity index (χ3n) is 2.64. The van der Waals surface area contributed by atoms with Crippen molar-refractivity contribution >= 4 is 5.78 Å². The van der Waals surface area contributed by atoms with Crippen LogP contribution in [0.15, 0.2) is 24.3 Å². The SMILES string of the molecule is CC=CCOCC(=O)c1c(C)cc(C)cc1C. The van der Waals surface area contributed by atoms with E-state index in [9.17, 15) is 4.79 Å². The van der Waals surface area contributed by atoms with Crippen LogP contribution >= 0.6 is 0 Å². The van der Waals surface area contributed by atoms with E-state index in [2.05, 4.69) is 0 Å². The van der Waals surface area contributed by atoms with Gasteiger partial charge in [-0.2, -0.15) is 0 Å². The van der Waals surface area contributed by atoms with Crippen molar-refractivity contribution in [3.8, 4) is 0 Å². The summed E-state index contributed by atoms with van der Waals surface area (Å²) in [6.07, 6.45) is 3.80. The minimum Gasteiger partial charge on any atom is -0.369 e. The molecule has 0 unspecified atom stereocenters. The predicted molar refractivity (Wildman–Crippen MR) is 70.6 cm³/mol. The number of ether oxygens (including phenoxy) is 1. The lowest BCUT2D eigenvalue weighted by Gasteiger charge is -2.10. The van der Waals surface area contributed by atoms with E-state index in [-0.39, 0.29) is 12.4 Å². The summed E-state index contributed by atoms with van der Waals surface area (Å²) in [4.78, 5) is 12.0. The normalized spacial score (nSPS) is 11.1. The first-order valence-electron chi connectivity index (χ1n) is 5.86. The summed E-state index contributed by atoms with van der Waals surface area (Å²) >= 11 is 0. The number of rotatable bonds is 5. The molecule has 0 aliphatic carbocycles. The maximum absolute atomic E-state index is 12.0. The third kappa shape index (κ3) is 3.82. The fourth-order valence-corrected chi connectivity index (χ4v) is 2.01. The minimum absolute atomic E-state index is 0.0597. The number of aryl methyl sites for hydroxylation is 3. The Labute approximate surface area is 103 Å². The first-order valence-corrected chi connectivity index (χ1v) is 5.86. The predicted octanol–water partition coefficient (Wildman–Crippen LogP) is 3.39. The van der Waals surface area contributed by atoms with Crippen molar-refractivity contribution in [2.75, 3.05) is 13.2 Å². The quantitative estimate of drug-likeness (QED) is 0.442. The smallest absolute Gasteiger partial charge is 0.189 e. The van der Waals surface area contributed by atoms with Gasteiger partial charge in [-0.25, -0.2) is 0 Å². The molecule has 92 valence electrons. The molecule has 0 amide bonds. The Kier molecular flexibility index (Phi) is 5.11. The molecule has 1 rings (SSSR count). The van der Waals surface area contributed by atoms with E-state index in [1.807, 2.05) is 52.0 Å². The summed E-state index contributed by atoms with van der Waals surface area (Å²) < 4.78 is 5.29. The number of ketones is 1. The molecule has 0 aliphatic rings. The van der Waals surface area contributed by atoms with Crippen molar-refractivity contribution in [2.24, 2.45) is 0 Å². The summed E-state index contributed by atoms with van der Waals surface area (Å²) in [5, 5.41) is 0.